The number of ether oxygens (including phenoxy) is 1. The Kier molecular flexibility index (Phi) is 6.04. The van der Waals surface area contributed by atoms with Crippen LogP contribution in [0.2, 0.25) is 0 Å². The first kappa shape index (κ1) is 19.2. The number of nitrogens with zero attached hydrogens (tertiary/aromatic N) is 2. The van der Waals surface area contributed by atoms with Crippen molar-refractivity contribution in [3.63, 3.8) is 0 Å². The molecule has 0 fully saturated rings. The smallest absolute Gasteiger partial charge is 0.222 e. The summed E-state index contributed by atoms with van der Waals surface area (Å²) in [5.41, 5.74) is 3.04. The molecule has 0 aliphatic carbocycles. The van der Waals surface area contributed by atoms with E-state index in [9.17, 15) is 0 Å². The van der Waals surface area contributed by atoms with Crippen molar-refractivity contribution in [3.8, 4) is 17.0 Å². The Morgan fingerprint density at radius 2 is 1.60 bits per heavy atom. The van der Waals surface area contributed by atoms with E-state index in [1.54, 1.807) is 0 Å². The molecule has 3 aromatic rings. The molecule has 1 heterocycles. The highest BCUT2D eigenvalue weighted by molar-refractivity contribution is 5.86. The van der Waals surface area contributed by atoms with E-state index in [1.807, 2.05) is 36.4 Å². The van der Waals surface area contributed by atoms with Crippen LogP contribution >= 0.6 is 12.4 Å². The van der Waals surface area contributed by atoms with Crippen LogP contribution in [0.5, 0.6) is 5.88 Å². The average Bonchev–Trinajstić information content (AvgIpc) is 2.60. The predicted octanol–water partition coefficient (Wildman–Crippen LogP) is 5.04. The van der Waals surface area contributed by atoms with Gasteiger partial charge in [0.1, 0.15) is 6.61 Å². The van der Waals surface area contributed by atoms with Crippen molar-refractivity contribution >= 4 is 23.3 Å². The Balaban J connectivity index is 0.00000225. The number of para-hydroxylation sites is 1. The van der Waals surface area contributed by atoms with Crippen molar-refractivity contribution in [3.05, 3.63) is 60.7 Å². The van der Waals surface area contributed by atoms with E-state index in [1.165, 1.54) is 0 Å². The van der Waals surface area contributed by atoms with Crippen LogP contribution in [0, 0.1) is 0 Å². The lowest BCUT2D eigenvalue weighted by Crippen LogP contribution is -2.43. The molecule has 3 rings (SSSR count). The Morgan fingerprint density at radius 1 is 0.960 bits per heavy atom. The molecular weight excluding hydrogens is 332 g/mol. The number of hydrogen-bond donors (Lipinski definition) is 0. The minimum Gasteiger partial charge on any atom is -0.475 e. The first-order valence-electron chi connectivity index (χ1n) is 8.23. The molecule has 0 atom stereocenters. The zero-order valence-electron chi connectivity index (χ0n) is 15.2. The summed E-state index contributed by atoms with van der Waals surface area (Å²) in [6.07, 6.45) is 0. The molecule has 0 radical (unpaired) electrons. The van der Waals surface area contributed by atoms with E-state index in [0.717, 1.165) is 22.0 Å². The lowest BCUT2D eigenvalue weighted by Gasteiger charge is -2.32. The third-order valence-electron chi connectivity index (χ3n) is 4.55. The molecule has 0 bridgehead atoms. The highest BCUT2D eigenvalue weighted by Gasteiger charge is 2.22. The highest BCUT2D eigenvalue weighted by atomic mass is 35.5. The monoisotopic (exact) mass is 356 g/mol. The van der Waals surface area contributed by atoms with E-state index in [0.29, 0.717) is 12.5 Å². The van der Waals surface area contributed by atoms with Gasteiger partial charge in [0.2, 0.25) is 5.88 Å². The van der Waals surface area contributed by atoms with E-state index >= 15 is 0 Å². The van der Waals surface area contributed by atoms with Crippen molar-refractivity contribution in [1.29, 1.82) is 0 Å². The van der Waals surface area contributed by atoms with Crippen LogP contribution in [0.15, 0.2) is 60.7 Å². The Bertz CT molecular complexity index is 832. The van der Waals surface area contributed by atoms with Crippen LogP contribution < -0.4 is 4.74 Å². The second-order valence-electron chi connectivity index (χ2n) is 6.90. The van der Waals surface area contributed by atoms with Crippen LogP contribution in [-0.4, -0.2) is 36.1 Å². The predicted molar refractivity (Wildman–Crippen MR) is 108 cm³/mol. The van der Waals surface area contributed by atoms with E-state index in [-0.39, 0.29) is 17.9 Å². The minimum absolute atomic E-state index is 0. The number of pyridine rings is 1. The fourth-order valence-corrected chi connectivity index (χ4v) is 2.41. The van der Waals surface area contributed by atoms with Gasteiger partial charge in [0.25, 0.3) is 0 Å². The number of benzene rings is 2. The van der Waals surface area contributed by atoms with Gasteiger partial charge in [0.15, 0.2) is 0 Å². The SMILES string of the molecule is CN(C)C(C)(C)COc1nc2ccccc2cc1-c1ccccc1.Cl. The largest absolute Gasteiger partial charge is 0.475 e. The van der Waals surface area contributed by atoms with Crippen molar-refractivity contribution in [2.24, 2.45) is 0 Å². The summed E-state index contributed by atoms with van der Waals surface area (Å²) in [7, 11) is 4.13. The molecular formula is C21H25ClN2O. The van der Waals surface area contributed by atoms with Gasteiger partial charge in [-0.2, -0.15) is 0 Å². The Hall–Kier alpha value is -2.10. The third-order valence-corrected chi connectivity index (χ3v) is 4.55. The Morgan fingerprint density at radius 3 is 2.28 bits per heavy atom. The van der Waals surface area contributed by atoms with E-state index < -0.39 is 0 Å². The second-order valence-corrected chi connectivity index (χ2v) is 6.90. The van der Waals surface area contributed by atoms with Crippen LogP contribution in [0.4, 0.5) is 0 Å². The van der Waals surface area contributed by atoms with Crippen molar-refractivity contribution < 1.29 is 4.74 Å². The van der Waals surface area contributed by atoms with Crippen molar-refractivity contribution in [2.75, 3.05) is 20.7 Å². The molecule has 0 spiro atoms. The molecule has 132 valence electrons. The lowest BCUT2D eigenvalue weighted by molar-refractivity contribution is 0.111. The average molecular weight is 357 g/mol. The molecule has 1 aromatic heterocycles. The molecule has 0 saturated carbocycles. The van der Waals surface area contributed by atoms with Gasteiger partial charge in [-0.25, -0.2) is 4.98 Å². The summed E-state index contributed by atoms with van der Waals surface area (Å²) < 4.78 is 6.17. The van der Waals surface area contributed by atoms with E-state index in [2.05, 4.69) is 57.1 Å². The second kappa shape index (κ2) is 7.85. The molecule has 2 aromatic carbocycles. The standard InChI is InChI=1S/C21H24N2O.ClH/c1-21(2,23(3)4)15-24-20-18(16-10-6-5-7-11-16)14-17-12-8-9-13-19(17)22-20;/h5-14H,15H2,1-4H3;1H. The van der Waals surface area contributed by atoms with Crippen LogP contribution in [0.25, 0.3) is 22.0 Å². The molecule has 0 aliphatic rings. The fourth-order valence-electron chi connectivity index (χ4n) is 2.41. The van der Waals surface area contributed by atoms with Gasteiger partial charge in [-0.05, 0) is 45.6 Å². The number of fused-ring (bicyclic) bond motifs is 1. The summed E-state index contributed by atoms with van der Waals surface area (Å²) in [5.74, 6) is 0.690. The molecule has 0 N–H and O–H groups in total. The van der Waals surface area contributed by atoms with Crippen LogP contribution in [0.3, 0.4) is 0 Å². The van der Waals surface area contributed by atoms with Crippen molar-refractivity contribution in [2.45, 2.75) is 19.4 Å². The minimum atomic E-state index is -0.0682. The summed E-state index contributed by atoms with van der Waals surface area (Å²) >= 11 is 0. The first-order valence-corrected chi connectivity index (χ1v) is 8.23. The van der Waals surface area contributed by atoms with Gasteiger partial charge in [0, 0.05) is 16.5 Å². The Labute approximate surface area is 156 Å². The maximum absolute atomic E-state index is 6.17. The molecule has 4 heteroatoms. The molecule has 0 saturated heterocycles. The molecule has 3 nitrogen and oxygen atoms in total. The number of rotatable bonds is 5. The fraction of sp³-hybridized carbons (Fsp3) is 0.286. The molecule has 0 aliphatic heterocycles. The van der Waals surface area contributed by atoms with E-state index in [4.69, 9.17) is 9.72 Å². The van der Waals surface area contributed by atoms with Gasteiger partial charge in [-0.3, -0.25) is 0 Å². The number of halogens is 1. The summed E-state index contributed by atoms with van der Waals surface area (Å²) in [6.45, 7) is 4.90. The molecule has 0 unspecified atom stereocenters. The normalized spacial score (nSPS) is 11.4. The van der Waals surface area contributed by atoms with Gasteiger partial charge in [-0.1, -0.05) is 48.5 Å². The third kappa shape index (κ3) is 4.30. The maximum atomic E-state index is 6.17. The maximum Gasteiger partial charge on any atom is 0.222 e. The summed E-state index contributed by atoms with van der Waals surface area (Å²) in [4.78, 5) is 6.94. The number of hydrogen-bond acceptors (Lipinski definition) is 3. The lowest BCUT2D eigenvalue weighted by atomic mass is 10.0. The molecule has 25 heavy (non-hydrogen) atoms. The van der Waals surface area contributed by atoms with Gasteiger partial charge < -0.3 is 9.64 Å². The highest BCUT2D eigenvalue weighted by Crippen LogP contribution is 2.32. The van der Waals surface area contributed by atoms with Gasteiger partial charge in [-0.15, -0.1) is 12.4 Å². The van der Waals surface area contributed by atoms with Crippen molar-refractivity contribution in [1.82, 2.24) is 9.88 Å². The van der Waals surface area contributed by atoms with Gasteiger partial charge >= 0.3 is 0 Å². The first-order chi connectivity index (χ1) is 11.5. The quantitative estimate of drug-likeness (QED) is 0.640. The number of likely N-dealkylation sites (N-methyl/N-ethyl adjacent to an activating group) is 1. The zero-order valence-corrected chi connectivity index (χ0v) is 16.0. The summed E-state index contributed by atoms with van der Waals surface area (Å²) in [6, 6.07) is 20.6. The van der Waals surface area contributed by atoms with Crippen LogP contribution in [-0.2, 0) is 0 Å². The topological polar surface area (TPSA) is 25.4 Å². The number of aromatic nitrogens is 1. The zero-order chi connectivity index (χ0) is 17.2. The van der Waals surface area contributed by atoms with Gasteiger partial charge in [0.05, 0.1) is 5.52 Å². The van der Waals surface area contributed by atoms with Crippen LogP contribution in [0.1, 0.15) is 13.8 Å². The summed E-state index contributed by atoms with van der Waals surface area (Å²) in [5, 5.41) is 1.12. The molecule has 0 amide bonds.